The Morgan fingerprint density at radius 2 is 1.91 bits per heavy atom. The Kier molecular flexibility index (Phi) is 4.53. The number of hydrogen-bond donors (Lipinski definition) is 2. The first-order valence-electron chi connectivity index (χ1n) is 7.39. The van der Waals surface area contributed by atoms with Gasteiger partial charge in [-0.15, -0.1) is 11.3 Å². The Labute approximate surface area is 133 Å². The highest BCUT2D eigenvalue weighted by Crippen LogP contribution is 2.30. The molecule has 1 aliphatic rings. The van der Waals surface area contributed by atoms with E-state index in [-0.39, 0.29) is 17.7 Å². The molecular formula is C17H18N2O2S. The Morgan fingerprint density at radius 1 is 1.14 bits per heavy atom. The second-order valence-corrected chi connectivity index (χ2v) is 6.41. The van der Waals surface area contributed by atoms with Gasteiger partial charge in [0.1, 0.15) is 6.04 Å². The number of benzene rings is 1. The summed E-state index contributed by atoms with van der Waals surface area (Å²) in [6.45, 7) is 0.459. The molecule has 0 saturated heterocycles. The van der Waals surface area contributed by atoms with Gasteiger partial charge in [0.25, 0.3) is 0 Å². The third kappa shape index (κ3) is 3.74. The molecule has 4 nitrogen and oxygen atoms in total. The van der Waals surface area contributed by atoms with Gasteiger partial charge >= 0.3 is 0 Å². The van der Waals surface area contributed by atoms with Crippen molar-refractivity contribution in [3.05, 3.63) is 58.3 Å². The number of carbonyl (C=O) groups is 2. The highest BCUT2D eigenvalue weighted by Gasteiger charge is 2.33. The molecule has 3 rings (SSSR count). The first-order valence-corrected chi connectivity index (χ1v) is 8.27. The fourth-order valence-corrected chi connectivity index (χ4v) is 2.99. The van der Waals surface area contributed by atoms with E-state index in [0.717, 1.165) is 23.3 Å². The van der Waals surface area contributed by atoms with E-state index in [9.17, 15) is 9.59 Å². The number of hydrogen-bond acceptors (Lipinski definition) is 3. The topological polar surface area (TPSA) is 58.2 Å². The van der Waals surface area contributed by atoms with Crippen LogP contribution in [0.3, 0.4) is 0 Å². The van der Waals surface area contributed by atoms with Gasteiger partial charge in [-0.3, -0.25) is 9.59 Å². The lowest BCUT2D eigenvalue weighted by Crippen LogP contribution is -2.40. The molecule has 114 valence electrons. The summed E-state index contributed by atoms with van der Waals surface area (Å²) in [5.74, 6) is -0.0991. The summed E-state index contributed by atoms with van der Waals surface area (Å²) in [6.07, 6.45) is 1.85. The van der Waals surface area contributed by atoms with Crippen LogP contribution in [-0.2, 0) is 16.1 Å². The second-order valence-electron chi connectivity index (χ2n) is 5.43. The minimum Gasteiger partial charge on any atom is -0.350 e. The lowest BCUT2D eigenvalue weighted by atomic mass is 10.2. The lowest BCUT2D eigenvalue weighted by molar-refractivity contribution is -0.129. The molecule has 0 radical (unpaired) electrons. The zero-order valence-electron chi connectivity index (χ0n) is 12.1. The Bertz CT molecular complexity index is 636. The lowest BCUT2D eigenvalue weighted by Gasteiger charge is -2.17. The Morgan fingerprint density at radius 3 is 2.55 bits per heavy atom. The molecule has 2 amide bonds. The molecule has 1 unspecified atom stereocenters. The maximum atomic E-state index is 12.5. The number of rotatable bonds is 6. The van der Waals surface area contributed by atoms with Gasteiger partial charge in [0.15, 0.2) is 0 Å². The SMILES string of the molecule is O=C(NC(C(=O)NCc1ccccc1)c1cccs1)C1CC1. The van der Waals surface area contributed by atoms with E-state index in [1.165, 1.54) is 11.3 Å². The van der Waals surface area contributed by atoms with E-state index in [1.807, 2.05) is 47.8 Å². The first kappa shape index (κ1) is 14.8. The molecule has 0 spiro atoms. The van der Waals surface area contributed by atoms with Crippen LogP contribution in [0.1, 0.15) is 29.3 Å². The molecule has 22 heavy (non-hydrogen) atoms. The largest absolute Gasteiger partial charge is 0.350 e. The van der Waals surface area contributed by atoms with Crippen LogP contribution in [0.25, 0.3) is 0 Å². The summed E-state index contributed by atoms with van der Waals surface area (Å²) >= 11 is 1.48. The quantitative estimate of drug-likeness (QED) is 0.861. The minimum absolute atomic E-state index is 0.0201. The molecule has 2 aromatic rings. The van der Waals surface area contributed by atoms with E-state index >= 15 is 0 Å². The summed E-state index contributed by atoms with van der Waals surface area (Å²) in [4.78, 5) is 25.3. The molecule has 5 heteroatoms. The number of carbonyl (C=O) groups excluding carboxylic acids is 2. The fraction of sp³-hybridized carbons (Fsp3) is 0.294. The van der Waals surface area contributed by atoms with E-state index in [4.69, 9.17) is 0 Å². The van der Waals surface area contributed by atoms with Crippen molar-refractivity contribution in [3.8, 4) is 0 Å². The zero-order valence-corrected chi connectivity index (χ0v) is 12.9. The van der Waals surface area contributed by atoms with E-state index < -0.39 is 6.04 Å². The van der Waals surface area contributed by atoms with Crippen LogP contribution in [0.5, 0.6) is 0 Å². The van der Waals surface area contributed by atoms with Crippen molar-refractivity contribution in [2.45, 2.75) is 25.4 Å². The normalized spacial score (nSPS) is 15.1. The van der Waals surface area contributed by atoms with Gasteiger partial charge in [0, 0.05) is 17.3 Å². The molecule has 1 aromatic heterocycles. The predicted octanol–water partition coefficient (Wildman–Crippen LogP) is 2.63. The van der Waals surface area contributed by atoms with Crippen molar-refractivity contribution in [2.75, 3.05) is 0 Å². The molecular weight excluding hydrogens is 296 g/mol. The summed E-state index contributed by atoms with van der Waals surface area (Å²) in [7, 11) is 0. The highest BCUT2D eigenvalue weighted by atomic mass is 32.1. The maximum Gasteiger partial charge on any atom is 0.248 e. The molecule has 0 aliphatic heterocycles. The van der Waals surface area contributed by atoms with Crippen molar-refractivity contribution in [1.29, 1.82) is 0 Å². The van der Waals surface area contributed by atoms with Crippen LogP contribution in [-0.4, -0.2) is 11.8 Å². The van der Waals surface area contributed by atoms with Crippen molar-refractivity contribution in [3.63, 3.8) is 0 Å². The molecule has 1 saturated carbocycles. The predicted molar refractivity (Wildman–Crippen MR) is 86.2 cm³/mol. The summed E-state index contributed by atoms with van der Waals surface area (Å²) in [5.41, 5.74) is 1.04. The molecule has 1 atom stereocenters. The molecule has 1 fully saturated rings. The van der Waals surface area contributed by atoms with Crippen molar-refractivity contribution in [1.82, 2.24) is 10.6 Å². The van der Waals surface area contributed by atoms with Crippen molar-refractivity contribution in [2.24, 2.45) is 5.92 Å². The molecule has 0 bridgehead atoms. The monoisotopic (exact) mass is 314 g/mol. The first-order chi connectivity index (χ1) is 10.7. The second kappa shape index (κ2) is 6.75. The van der Waals surface area contributed by atoms with E-state index in [0.29, 0.717) is 6.54 Å². The van der Waals surface area contributed by atoms with Crippen LogP contribution in [0.4, 0.5) is 0 Å². The smallest absolute Gasteiger partial charge is 0.248 e. The summed E-state index contributed by atoms with van der Waals surface area (Å²) in [5, 5.41) is 7.69. The summed E-state index contributed by atoms with van der Waals surface area (Å²) in [6, 6.07) is 12.9. The van der Waals surface area contributed by atoms with Gasteiger partial charge in [-0.05, 0) is 29.9 Å². The van der Waals surface area contributed by atoms with Crippen molar-refractivity contribution >= 4 is 23.2 Å². The summed E-state index contributed by atoms with van der Waals surface area (Å²) < 4.78 is 0. The maximum absolute atomic E-state index is 12.5. The third-order valence-corrected chi connectivity index (χ3v) is 4.57. The van der Waals surface area contributed by atoms with Gasteiger partial charge in [0.05, 0.1) is 0 Å². The zero-order chi connectivity index (χ0) is 15.4. The van der Waals surface area contributed by atoms with Crippen LogP contribution < -0.4 is 10.6 Å². The number of amides is 2. The third-order valence-electron chi connectivity index (χ3n) is 3.63. The Balaban J connectivity index is 1.65. The average Bonchev–Trinajstić information content (AvgIpc) is 3.27. The molecule has 2 N–H and O–H groups in total. The van der Waals surface area contributed by atoms with Gasteiger partial charge < -0.3 is 10.6 Å². The van der Waals surface area contributed by atoms with Gasteiger partial charge in [-0.1, -0.05) is 36.4 Å². The number of thiophene rings is 1. The van der Waals surface area contributed by atoms with Crippen LogP contribution >= 0.6 is 11.3 Å². The minimum atomic E-state index is -0.600. The molecule has 1 aromatic carbocycles. The van der Waals surface area contributed by atoms with E-state index in [1.54, 1.807) is 0 Å². The van der Waals surface area contributed by atoms with Crippen LogP contribution in [0.2, 0.25) is 0 Å². The molecule has 1 aliphatic carbocycles. The average molecular weight is 314 g/mol. The van der Waals surface area contributed by atoms with E-state index in [2.05, 4.69) is 10.6 Å². The van der Waals surface area contributed by atoms with Crippen LogP contribution in [0, 0.1) is 5.92 Å². The van der Waals surface area contributed by atoms with Crippen LogP contribution in [0.15, 0.2) is 47.8 Å². The molecule has 1 heterocycles. The Hall–Kier alpha value is -2.14. The standard InChI is InChI=1S/C17H18N2O2S/c20-16(13-8-9-13)19-15(14-7-4-10-22-14)17(21)18-11-12-5-2-1-3-6-12/h1-7,10,13,15H,8-9,11H2,(H,18,21)(H,19,20). The number of nitrogens with one attached hydrogen (secondary N) is 2. The highest BCUT2D eigenvalue weighted by molar-refractivity contribution is 7.10. The van der Waals surface area contributed by atoms with Gasteiger partial charge in [-0.25, -0.2) is 0 Å². The van der Waals surface area contributed by atoms with Gasteiger partial charge in [0.2, 0.25) is 11.8 Å². The van der Waals surface area contributed by atoms with Gasteiger partial charge in [-0.2, -0.15) is 0 Å². The fourth-order valence-electron chi connectivity index (χ4n) is 2.21. The van der Waals surface area contributed by atoms with Crippen molar-refractivity contribution < 1.29 is 9.59 Å².